The molecule has 0 unspecified atom stereocenters. The van der Waals surface area contributed by atoms with Crippen LogP contribution in [0.1, 0.15) is 85.1 Å². The molecule has 6 heteroatoms. The number of Topliss-reactive ketones (excluding diaryl/α,β-unsaturated/α-hetero) is 1. The van der Waals surface area contributed by atoms with Gasteiger partial charge in [0.05, 0.1) is 17.4 Å². The van der Waals surface area contributed by atoms with Gasteiger partial charge in [0.15, 0.2) is 5.78 Å². The third-order valence-corrected chi connectivity index (χ3v) is 12.0. The highest BCUT2D eigenvalue weighted by atomic mass is 79.9. The number of pyridine rings is 1. The van der Waals surface area contributed by atoms with E-state index in [4.69, 9.17) is 4.98 Å². The van der Waals surface area contributed by atoms with Crippen molar-refractivity contribution in [2.45, 2.75) is 82.3 Å². The van der Waals surface area contributed by atoms with Gasteiger partial charge in [-0.2, -0.15) is 5.26 Å². The molecule has 38 heavy (non-hydrogen) atoms. The van der Waals surface area contributed by atoms with Crippen molar-refractivity contribution in [1.29, 1.82) is 5.26 Å². The number of carbonyl (C=O) groups excluding carboxylic acids is 1. The Bertz CT molecular complexity index is 1380. The van der Waals surface area contributed by atoms with E-state index in [9.17, 15) is 15.2 Å². The van der Waals surface area contributed by atoms with Crippen molar-refractivity contribution in [3.8, 4) is 6.07 Å². The fourth-order valence-corrected chi connectivity index (χ4v) is 9.85. The average Bonchev–Trinajstić information content (AvgIpc) is 3.22. The Morgan fingerprint density at radius 2 is 1.89 bits per heavy atom. The van der Waals surface area contributed by atoms with Gasteiger partial charge >= 0.3 is 0 Å². The molecule has 198 valence electrons. The number of fused-ring (bicyclic) bond motifs is 7. The first-order valence-corrected chi connectivity index (χ1v) is 15.7. The van der Waals surface area contributed by atoms with E-state index in [0.717, 1.165) is 48.7 Å². The maximum absolute atomic E-state index is 12.9. The maximum Gasteiger partial charge on any atom is 0.173 e. The Morgan fingerprint density at radius 3 is 2.63 bits per heavy atom. The Hall–Kier alpha value is -1.94. The lowest BCUT2D eigenvalue weighted by molar-refractivity contribution is -0.0164. The van der Waals surface area contributed by atoms with Crippen LogP contribution >= 0.6 is 27.7 Å². The summed E-state index contributed by atoms with van der Waals surface area (Å²) < 4.78 is 0.946. The molecule has 1 heterocycles. The Morgan fingerprint density at radius 1 is 1.16 bits per heavy atom. The number of carbonyl (C=O) groups is 1. The maximum atomic E-state index is 12.9. The summed E-state index contributed by atoms with van der Waals surface area (Å²) in [6.45, 7) is 6.98. The van der Waals surface area contributed by atoms with Gasteiger partial charge in [-0.15, -0.1) is 0 Å². The van der Waals surface area contributed by atoms with Gasteiger partial charge in [-0.3, -0.25) is 4.79 Å². The molecule has 0 amide bonds. The SMILES string of the molecule is Cc1nc(SCC(=O)c2ccc(Br)cc2)c(C#N)c2c1[C@]1(C)CC[C@@H]3[C@H](CC=C4C[C@H](O)CC[C@]43C)[C@H]1C2. The molecule has 0 aliphatic heterocycles. The number of nitriles is 1. The molecule has 2 fully saturated rings. The summed E-state index contributed by atoms with van der Waals surface area (Å²) in [6, 6.07) is 9.94. The lowest BCUT2D eigenvalue weighted by atomic mass is 9.47. The van der Waals surface area contributed by atoms with Crippen molar-refractivity contribution >= 4 is 33.5 Å². The number of aryl methyl sites for hydroxylation is 1. The number of thioether (sulfide) groups is 1. The summed E-state index contributed by atoms with van der Waals surface area (Å²) in [4.78, 5) is 17.8. The number of nitrogens with zero attached hydrogens (tertiary/aromatic N) is 2. The summed E-state index contributed by atoms with van der Waals surface area (Å²) in [5, 5.41) is 21.4. The second kappa shape index (κ2) is 9.61. The molecule has 4 aliphatic carbocycles. The second-order valence-electron chi connectivity index (χ2n) is 12.4. The van der Waals surface area contributed by atoms with Gasteiger partial charge in [0.2, 0.25) is 0 Å². The van der Waals surface area contributed by atoms with Crippen molar-refractivity contribution in [2.24, 2.45) is 23.2 Å². The molecule has 0 bridgehead atoms. The van der Waals surface area contributed by atoms with E-state index in [1.807, 2.05) is 24.3 Å². The number of aliphatic hydroxyl groups excluding tert-OH is 1. The van der Waals surface area contributed by atoms with Crippen LogP contribution in [0.3, 0.4) is 0 Å². The summed E-state index contributed by atoms with van der Waals surface area (Å²) in [5.41, 5.74) is 6.59. The van der Waals surface area contributed by atoms with Gasteiger partial charge in [0.25, 0.3) is 0 Å². The number of benzene rings is 1. The van der Waals surface area contributed by atoms with E-state index in [1.54, 1.807) is 0 Å². The van der Waals surface area contributed by atoms with Gasteiger partial charge in [-0.1, -0.05) is 65.3 Å². The second-order valence-corrected chi connectivity index (χ2v) is 14.3. The number of aromatic nitrogens is 1. The number of hydrogen-bond donors (Lipinski definition) is 1. The summed E-state index contributed by atoms with van der Waals surface area (Å²) in [7, 11) is 0. The number of rotatable bonds is 4. The van der Waals surface area contributed by atoms with E-state index in [2.05, 4.69) is 48.8 Å². The lowest BCUT2D eigenvalue weighted by Gasteiger charge is -2.57. The topological polar surface area (TPSA) is 74.0 Å². The van der Waals surface area contributed by atoms with Gasteiger partial charge in [0, 0.05) is 15.7 Å². The highest BCUT2D eigenvalue weighted by molar-refractivity contribution is 9.10. The molecule has 0 saturated heterocycles. The number of allylic oxidation sites excluding steroid dienone is 1. The quantitative estimate of drug-likeness (QED) is 0.229. The molecular weight excluding hydrogens is 556 g/mol. The molecule has 4 nitrogen and oxygen atoms in total. The molecule has 0 spiro atoms. The van der Waals surface area contributed by atoms with E-state index in [-0.39, 0.29) is 28.5 Å². The number of ketones is 1. The van der Waals surface area contributed by atoms with Crippen molar-refractivity contribution in [2.75, 3.05) is 5.75 Å². The van der Waals surface area contributed by atoms with Crippen molar-refractivity contribution in [1.82, 2.24) is 4.98 Å². The molecule has 1 aromatic carbocycles. The normalized spacial score (nSPS) is 33.3. The zero-order valence-electron chi connectivity index (χ0n) is 22.4. The van der Waals surface area contributed by atoms with Crippen LogP contribution in [0.15, 0.2) is 45.4 Å². The summed E-state index contributed by atoms with van der Waals surface area (Å²) in [5.74, 6) is 2.04. The summed E-state index contributed by atoms with van der Waals surface area (Å²) >= 11 is 4.82. The van der Waals surface area contributed by atoms with Crippen molar-refractivity contribution in [3.63, 3.8) is 0 Å². The minimum absolute atomic E-state index is 0.0332. The first-order chi connectivity index (χ1) is 18.2. The Labute approximate surface area is 238 Å². The fourth-order valence-electron chi connectivity index (χ4n) is 8.64. The minimum atomic E-state index is -0.186. The molecule has 4 aliphatic rings. The van der Waals surface area contributed by atoms with Crippen LogP contribution in [-0.4, -0.2) is 27.7 Å². The Kier molecular flexibility index (Phi) is 6.65. The number of hydrogen-bond acceptors (Lipinski definition) is 5. The monoisotopic (exact) mass is 590 g/mol. The number of aliphatic hydroxyl groups is 1. The van der Waals surface area contributed by atoms with Crippen LogP contribution < -0.4 is 0 Å². The van der Waals surface area contributed by atoms with Crippen LogP contribution in [0.25, 0.3) is 0 Å². The highest BCUT2D eigenvalue weighted by Crippen LogP contribution is 2.64. The first-order valence-electron chi connectivity index (χ1n) is 13.9. The average molecular weight is 592 g/mol. The van der Waals surface area contributed by atoms with Crippen molar-refractivity contribution in [3.05, 3.63) is 68.3 Å². The van der Waals surface area contributed by atoms with Gasteiger partial charge in [0.1, 0.15) is 11.1 Å². The molecule has 0 radical (unpaired) electrons. The molecule has 6 atom stereocenters. The molecule has 2 aromatic rings. The molecule has 1 N–H and O–H groups in total. The third kappa shape index (κ3) is 4.03. The number of halogens is 1. The first kappa shape index (κ1) is 26.3. The van der Waals surface area contributed by atoms with E-state index in [0.29, 0.717) is 33.9 Å². The lowest BCUT2D eigenvalue weighted by Crippen LogP contribution is -2.51. The van der Waals surface area contributed by atoms with Crippen molar-refractivity contribution < 1.29 is 9.90 Å². The van der Waals surface area contributed by atoms with E-state index >= 15 is 0 Å². The molecule has 1 aromatic heterocycles. The minimum Gasteiger partial charge on any atom is -0.393 e. The Balaban J connectivity index is 1.31. The van der Waals surface area contributed by atoms with E-state index < -0.39 is 0 Å². The van der Waals surface area contributed by atoms with Crippen LogP contribution in [0.5, 0.6) is 0 Å². The zero-order chi connectivity index (χ0) is 26.8. The van der Waals surface area contributed by atoms with Gasteiger partial charge < -0.3 is 5.11 Å². The zero-order valence-corrected chi connectivity index (χ0v) is 24.8. The molecule has 2 saturated carbocycles. The largest absolute Gasteiger partial charge is 0.393 e. The highest BCUT2D eigenvalue weighted by Gasteiger charge is 2.58. The van der Waals surface area contributed by atoms with Crippen LogP contribution in [-0.2, 0) is 11.8 Å². The smallest absolute Gasteiger partial charge is 0.173 e. The van der Waals surface area contributed by atoms with Crippen LogP contribution in [0.2, 0.25) is 0 Å². The fraction of sp³-hybridized carbons (Fsp3) is 0.531. The van der Waals surface area contributed by atoms with Gasteiger partial charge in [-0.25, -0.2) is 4.98 Å². The standard InChI is InChI=1S/C32H35BrN2O2S/c1-18-29-24(25(16-34)30(35-18)38-17-28(37)19-4-7-21(33)8-5-19)15-27-23-9-6-20-14-22(36)10-12-31(20,2)26(23)11-13-32(27,29)3/h4-8,22-23,26-27,36H,9-15,17H2,1-3H3/t22-,23+,26-,27-,31-,32-/m1/s1. The van der Waals surface area contributed by atoms with E-state index in [1.165, 1.54) is 34.9 Å². The van der Waals surface area contributed by atoms with Crippen LogP contribution in [0.4, 0.5) is 0 Å². The predicted molar refractivity (Wildman–Crippen MR) is 154 cm³/mol. The predicted octanol–water partition coefficient (Wildman–Crippen LogP) is 7.34. The van der Waals surface area contributed by atoms with Gasteiger partial charge in [-0.05, 0) is 104 Å². The van der Waals surface area contributed by atoms with Crippen LogP contribution in [0, 0.1) is 41.4 Å². The summed E-state index contributed by atoms with van der Waals surface area (Å²) in [6.07, 6.45) is 9.42. The molecule has 6 rings (SSSR count). The molecular formula is C32H35BrN2O2S. The third-order valence-electron chi connectivity index (χ3n) is 10.5.